The van der Waals surface area contributed by atoms with E-state index in [1.165, 1.54) is 12.3 Å². The van der Waals surface area contributed by atoms with Crippen molar-refractivity contribution in [2.24, 2.45) is 0 Å². The van der Waals surface area contributed by atoms with Crippen molar-refractivity contribution in [2.45, 2.75) is 0 Å². The van der Waals surface area contributed by atoms with Gasteiger partial charge in [0.2, 0.25) is 0 Å². The molecule has 2 aromatic rings. The second-order valence-electron chi connectivity index (χ2n) is 3.50. The third-order valence-electron chi connectivity index (χ3n) is 2.40. The van der Waals surface area contributed by atoms with E-state index in [0.29, 0.717) is 0 Å². The van der Waals surface area contributed by atoms with Gasteiger partial charge in [0, 0.05) is 11.8 Å². The normalized spacial score (nSPS) is 10.3. The number of pyridine rings is 1. The van der Waals surface area contributed by atoms with Crippen molar-refractivity contribution in [3.05, 3.63) is 56.4 Å². The Morgan fingerprint density at radius 3 is 2.28 bits per heavy atom. The molecule has 0 bridgehead atoms. The number of H-pyrrole nitrogens is 1. The first-order chi connectivity index (χ1) is 8.52. The smallest absolute Gasteiger partial charge is 0.336 e. The number of hydrogen-bond acceptors (Lipinski definition) is 2. The van der Waals surface area contributed by atoms with Crippen LogP contribution in [0.2, 0.25) is 10.0 Å². The molecule has 18 heavy (non-hydrogen) atoms. The summed E-state index contributed by atoms with van der Waals surface area (Å²) < 4.78 is 0. The van der Waals surface area contributed by atoms with Gasteiger partial charge in [0.1, 0.15) is 0 Å². The van der Waals surface area contributed by atoms with Crippen LogP contribution in [-0.4, -0.2) is 16.1 Å². The Morgan fingerprint density at radius 2 is 1.72 bits per heavy atom. The average molecular weight is 284 g/mol. The lowest BCUT2D eigenvalue weighted by Crippen LogP contribution is -2.14. The Kier molecular flexibility index (Phi) is 3.41. The highest BCUT2D eigenvalue weighted by atomic mass is 35.5. The van der Waals surface area contributed by atoms with E-state index in [-0.39, 0.29) is 26.7 Å². The number of carboxylic acids is 1. The highest BCUT2D eigenvalue weighted by Gasteiger charge is 2.19. The van der Waals surface area contributed by atoms with Crippen LogP contribution < -0.4 is 5.56 Å². The fourth-order valence-electron chi connectivity index (χ4n) is 1.64. The summed E-state index contributed by atoms with van der Waals surface area (Å²) in [6.45, 7) is 0. The Labute approximate surface area is 112 Å². The Morgan fingerprint density at radius 1 is 1.11 bits per heavy atom. The highest BCUT2D eigenvalue weighted by molar-refractivity contribution is 6.39. The third-order valence-corrected chi connectivity index (χ3v) is 3.03. The summed E-state index contributed by atoms with van der Waals surface area (Å²) in [4.78, 5) is 25.4. The van der Waals surface area contributed by atoms with Crippen molar-refractivity contribution in [3.8, 4) is 11.1 Å². The number of benzene rings is 1. The molecule has 1 aromatic carbocycles. The Hall–Kier alpha value is -1.78. The van der Waals surface area contributed by atoms with Crippen molar-refractivity contribution >= 4 is 29.2 Å². The van der Waals surface area contributed by atoms with E-state index >= 15 is 0 Å². The van der Waals surface area contributed by atoms with Gasteiger partial charge in [0.25, 0.3) is 5.56 Å². The maximum atomic E-state index is 11.8. The first-order valence-electron chi connectivity index (χ1n) is 4.91. The molecule has 2 rings (SSSR count). The van der Waals surface area contributed by atoms with Gasteiger partial charge < -0.3 is 10.1 Å². The third kappa shape index (κ3) is 2.12. The molecule has 1 heterocycles. The molecule has 0 saturated carbocycles. The minimum atomic E-state index is -1.22. The molecule has 0 atom stereocenters. The number of aromatic amines is 1. The van der Waals surface area contributed by atoms with Gasteiger partial charge in [-0.1, -0.05) is 29.3 Å². The van der Waals surface area contributed by atoms with Crippen LogP contribution in [0.1, 0.15) is 10.4 Å². The van der Waals surface area contributed by atoms with E-state index in [9.17, 15) is 9.59 Å². The lowest BCUT2D eigenvalue weighted by Gasteiger charge is -2.08. The van der Waals surface area contributed by atoms with E-state index in [0.717, 1.165) is 0 Å². The predicted molar refractivity (Wildman–Crippen MR) is 69.5 cm³/mol. The Balaban J connectivity index is 2.87. The van der Waals surface area contributed by atoms with Crippen LogP contribution in [0.4, 0.5) is 0 Å². The summed E-state index contributed by atoms with van der Waals surface area (Å²) in [6, 6.07) is 5.99. The number of nitrogens with one attached hydrogen (secondary N) is 1. The van der Waals surface area contributed by atoms with Crippen LogP contribution in [0, 0.1) is 0 Å². The SMILES string of the molecule is O=C(O)c1cc[nH]c(=O)c1-c1c(Cl)cccc1Cl. The molecule has 0 aliphatic rings. The maximum Gasteiger partial charge on any atom is 0.336 e. The average Bonchev–Trinajstić information content (AvgIpc) is 2.30. The quantitative estimate of drug-likeness (QED) is 0.890. The van der Waals surface area contributed by atoms with Gasteiger partial charge in [-0.2, -0.15) is 0 Å². The summed E-state index contributed by atoms with van der Waals surface area (Å²) in [7, 11) is 0. The zero-order valence-corrected chi connectivity index (χ0v) is 10.4. The summed E-state index contributed by atoms with van der Waals surface area (Å²) in [5.74, 6) is -1.22. The number of hydrogen-bond donors (Lipinski definition) is 2. The molecule has 0 spiro atoms. The van der Waals surface area contributed by atoms with Crippen LogP contribution in [0.3, 0.4) is 0 Å². The summed E-state index contributed by atoms with van der Waals surface area (Å²) >= 11 is 12.0. The lowest BCUT2D eigenvalue weighted by atomic mass is 10.0. The number of aromatic carboxylic acids is 1. The van der Waals surface area contributed by atoms with Crippen LogP contribution in [0.15, 0.2) is 35.3 Å². The molecule has 6 heteroatoms. The molecular weight excluding hydrogens is 277 g/mol. The van der Waals surface area contributed by atoms with Crippen LogP contribution in [0.5, 0.6) is 0 Å². The van der Waals surface area contributed by atoms with Crippen molar-refractivity contribution in [1.82, 2.24) is 4.98 Å². The number of aromatic nitrogens is 1. The molecule has 0 unspecified atom stereocenters. The van der Waals surface area contributed by atoms with Gasteiger partial charge in [-0.3, -0.25) is 4.79 Å². The zero-order valence-electron chi connectivity index (χ0n) is 8.91. The fourth-order valence-corrected chi connectivity index (χ4v) is 2.23. The van der Waals surface area contributed by atoms with Gasteiger partial charge in [-0.15, -0.1) is 0 Å². The molecule has 0 radical (unpaired) electrons. The minimum Gasteiger partial charge on any atom is -0.478 e. The summed E-state index contributed by atoms with van der Waals surface area (Å²) in [6.07, 6.45) is 1.26. The van der Waals surface area contributed by atoms with Crippen molar-refractivity contribution < 1.29 is 9.90 Å². The summed E-state index contributed by atoms with van der Waals surface area (Å²) in [5.41, 5.74) is -0.515. The standard InChI is InChI=1S/C12H7Cl2NO3/c13-7-2-1-3-8(14)10(7)9-6(12(17)18)4-5-15-11(9)16/h1-5H,(H,15,16)(H,17,18). The van der Waals surface area contributed by atoms with Crippen molar-refractivity contribution in [2.75, 3.05) is 0 Å². The van der Waals surface area contributed by atoms with E-state index in [2.05, 4.69) is 4.98 Å². The maximum absolute atomic E-state index is 11.8. The van der Waals surface area contributed by atoms with Crippen LogP contribution in [0.25, 0.3) is 11.1 Å². The fraction of sp³-hybridized carbons (Fsp3) is 0. The Bertz CT molecular complexity index is 659. The molecule has 1 aromatic heterocycles. The number of carbonyl (C=O) groups is 1. The second-order valence-corrected chi connectivity index (χ2v) is 4.31. The monoisotopic (exact) mass is 283 g/mol. The highest BCUT2D eigenvalue weighted by Crippen LogP contribution is 2.34. The van der Waals surface area contributed by atoms with E-state index < -0.39 is 11.5 Å². The molecule has 0 saturated heterocycles. The second kappa shape index (κ2) is 4.84. The van der Waals surface area contributed by atoms with Crippen LogP contribution in [-0.2, 0) is 0 Å². The van der Waals surface area contributed by atoms with Crippen molar-refractivity contribution in [1.29, 1.82) is 0 Å². The molecule has 0 amide bonds. The topological polar surface area (TPSA) is 70.2 Å². The molecule has 0 aliphatic heterocycles. The van der Waals surface area contributed by atoms with Gasteiger partial charge in [0.05, 0.1) is 21.2 Å². The first-order valence-corrected chi connectivity index (χ1v) is 5.67. The van der Waals surface area contributed by atoms with Crippen molar-refractivity contribution in [3.63, 3.8) is 0 Å². The molecule has 92 valence electrons. The van der Waals surface area contributed by atoms with Crippen LogP contribution >= 0.6 is 23.2 Å². The van der Waals surface area contributed by atoms with Gasteiger partial charge >= 0.3 is 5.97 Å². The number of rotatable bonds is 2. The van der Waals surface area contributed by atoms with E-state index in [4.69, 9.17) is 28.3 Å². The van der Waals surface area contributed by atoms with Gasteiger partial charge in [-0.05, 0) is 18.2 Å². The molecule has 0 aliphatic carbocycles. The number of carboxylic acid groups (broad SMARTS) is 1. The largest absolute Gasteiger partial charge is 0.478 e. The molecule has 0 fully saturated rings. The first kappa shape index (κ1) is 12.7. The van der Waals surface area contributed by atoms with E-state index in [1.54, 1.807) is 18.2 Å². The predicted octanol–water partition coefficient (Wildman–Crippen LogP) is 3.05. The number of halogens is 2. The zero-order chi connectivity index (χ0) is 13.3. The van der Waals surface area contributed by atoms with E-state index in [1.807, 2.05) is 0 Å². The minimum absolute atomic E-state index is 0.0411. The summed E-state index contributed by atoms with van der Waals surface area (Å²) in [5, 5.41) is 9.54. The lowest BCUT2D eigenvalue weighted by molar-refractivity contribution is 0.0697. The van der Waals surface area contributed by atoms with Gasteiger partial charge in [0.15, 0.2) is 0 Å². The molecule has 2 N–H and O–H groups in total. The molecular formula is C12H7Cl2NO3. The molecule has 4 nitrogen and oxygen atoms in total. The van der Waals surface area contributed by atoms with Gasteiger partial charge in [-0.25, -0.2) is 4.79 Å².